The number of carbonyl (C=O) groups excluding carboxylic acids is 1. The zero-order chi connectivity index (χ0) is 19.3. The molecule has 3 saturated heterocycles. The fourth-order valence-electron chi connectivity index (χ4n) is 5.24. The number of H-pyrrole nitrogens is 1. The van der Waals surface area contributed by atoms with E-state index in [1.807, 2.05) is 6.20 Å². The molecule has 0 spiro atoms. The van der Waals surface area contributed by atoms with Gasteiger partial charge >= 0.3 is 0 Å². The van der Waals surface area contributed by atoms with Crippen LogP contribution in [0.15, 0.2) is 12.3 Å². The van der Waals surface area contributed by atoms with Crippen LogP contribution >= 0.6 is 0 Å². The summed E-state index contributed by atoms with van der Waals surface area (Å²) < 4.78 is 5.75. The third-order valence-electron chi connectivity index (χ3n) is 6.70. The monoisotopic (exact) mass is 384 g/mol. The summed E-state index contributed by atoms with van der Waals surface area (Å²) in [5, 5.41) is 11.2. The number of hydrogen-bond donors (Lipinski definition) is 2. The summed E-state index contributed by atoms with van der Waals surface area (Å²) >= 11 is 0. The minimum Gasteiger partial charge on any atom is -0.377 e. The summed E-state index contributed by atoms with van der Waals surface area (Å²) in [6, 6.07) is 3.34. The van der Waals surface area contributed by atoms with Gasteiger partial charge in [0.15, 0.2) is 5.65 Å². The fourth-order valence-corrected chi connectivity index (χ4v) is 5.24. The highest BCUT2D eigenvalue weighted by molar-refractivity contribution is 5.91. The number of anilines is 2. The Morgan fingerprint density at radius 2 is 2.07 bits per heavy atom. The molecule has 2 aromatic heterocycles. The lowest BCUT2D eigenvalue weighted by Gasteiger charge is -2.40. The first-order valence-electron chi connectivity index (χ1n) is 10.3. The van der Waals surface area contributed by atoms with Crippen LogP contribution in [0.3, 0.4) is 0 Å². The number of morpholine rings is 1. The Labute approximate surface area is 164 Å². The Balaban J connectivity index is 1.49. The molecule has 8 nitrogen and oxygen atoms in total. The van der Waals surface area contributed by atoms with Crippen molar-refractivity contribution >= 4 is 28.4 Å². The number of carbonyl (C=O) groups is 1. The Kier molecular flexibility index (Phi) is 4.38. The van der Waals surface area contributed by atoms with Crippen molar-refractivity contribution in [2.24, 2.45) is 5.92 Å². The van der Waals surface area contributed by atoms with Crippen molar-refractivity contribution in [2.75, 3.05) is 36.6 Å². The molecule has 4 unspecified atom stereocenters. The lowest BCUT2D eigenvalue weighted by molar-refractivity contribution is -0.125. The minimum absolute atomic E-state index is 0.0903. The molecule has 3 aliphatic rings. The summed E-state index contributed by atoms with van der Waals surface area (Å²) in [7, 11) is 1.72. The van der Waals surface area contributed by atoms with Gasteiger partial charge in [-0.2, -0.15) is 5.10 Å². The molecule has 2 N–H and O–H groups in total. The summed E-state index contributed by atoms with van der Waals surface area (Å²) in [5.41, 5.74) is 2.00. The van der Waals surface area contributed by atoms with Crippen molar-refractivity contribution < 1.29 is 9.53 Å². The van der Waals surface area contributed by atoms with Crippen LogP contribution in [-0.2, 0) is 9.53 Å². The van der Waals surface area contributed by atoms with Crippen LogP contribution in [0.5, 0.6) is 0 Å². The van der Waals surface area contributed by atoms with E-state index in [1.54, 1.807) is 7.05 Å². The Morgan fingerprint density at radius 3 is 2.79 bits per heavy atom. The van der Waals surface area contributed by atoms with E-state index in [0.29, 0.717) is 12.1 Å². The number of aromatic amines is 1. The van der Waals surface area contributed by atoms with Crippen LogP contribution in [0.4, 0.5) is 11.5 Å². The number of nitrogens with zero attached hydrogens (tertiary/aromatic N) is 4. The van der Waals surface area contributed by atoms with Crippen molar-refractivity contribution in [3.05, 3.63) is 12.3 Å². The van der Waals surface area contributed by atoms with Crippen LogP contribution in [-0.4, -0.2) is 66.0 Å². The number of aromatic nitrogens is 3. The fraction of sp³-hybridized carbons (Fsp3) is 0.650. The largest absolute Gasteiger partial charge is 0.377 e. The van der Waals surface area contributed by atoms with Gasteiger partial charge in [-0.1, -0.05) is 0 Å². The van der Waals surface area contributed by atoms with E-state index in [2.05, 4.69) is 38.3 Å². The third kappa shape index (κ3) is 2.82. The van der Waals surface area contributed by atoms with Gasteiger partial charge in [-0.25, -0.2) is 4.98 Å². The minimum atomic E-state index is 0.0903. The number of ether oxygens (including phenoxy) is 1. The second-order valence-electron chi connectivity index (χ2n) is 8.34. The summed E-state index contributed by atoms with van der Waals surface area (Å²) in [5.74, 6) is 1.26. The molecular formula is C20H28N6O2. The van der Waals surface area contributed by atoms with E-state index in [0.717, 1.165) is 62.3 Å². The number of amides is 1. The van der Waals surface area contributed by atoms with Gasteiger partial charge in [0, 0.05) is 31.6 Å². The van der Waals surface area contributed by atoms with Crippen LogP contribution in [0.2, 0.25) is 0 Å². The van der Waals surface area contributed by atoms with Gasteiger partial charge in [0.05, 0.1) is 42.6 Å². The summed E-state index contributed by atoms with van der Waals surface area (Å²) in [6.45, 7) is 4.63. The van der Waals surface area contributed by atoms with Gasteiger partial charge in [0.1, 0.15) is 5.82 Å². The SMILES string of the molecule is CNC(=O)C1CCN(c2cc(N3C4CCC3COC4)nc3[nH]ncc23)C(C)C1. The standard InChI is InChI=1S/C20H28N6O2/c1-12-7-13(20(27)21-2)5-6-25(12)17-8-18(23-19-16(17)9-22-24-19)26-14-3-4-15(26)11-28-10-14/h8-9,12-15H,3-7,10-11H2,1-2H3,(H,21,27)(H,22,23,24). The number of nitrogens with one attached hydrogen (secondary N) is 2. The van der Waals surface area contributed by atoms with Crippen LogP contribution < -0.4 is 15.1 Å². The highest BCUT2D eigenvalue weighted by atomic mass is 16.5. The summed E-state index contributed by atoms with van der Waals surface area (Å²) in [6.07, 6.45) is 5.92. The van der Waals surface area contributed by atoms with Gasteiger partial charge in [-0.15, -0.1) is 0 Å². The normalized spacial score (nSPS) is 30.1. The first-order chi connectivity index (χ1) is 13.7. The Bertz CT molecular complexity index is 867. The molecule has 2 bridgehead atoms. The first-order valence-corrected chi connectivity index (χ1v) is 10.3. The average molecular weight is 384 g/mol. The Morgan fingerprint density at radius 1 is 1.29 bits per heavy atom. The molecule has 5 rings (SSSR count). The lowest BCUT2D eigenvalue weighted by Crippen LogP contribution is -2.47. The van der Waals surface area contributed by atoms with Crippen molar-refractivity contribution in [1.82, 2.24) is 20.5 Å². The number of fused-ring (bicyclic) bond motifs is 3. The van der Waals surface area contributed by atoms with E-state index in [4.69, 9.17) is 9.72 Å². The van der Waals surface area contributed by atoms with E-state index < -0.39 is 0 Å². The molecule has 5 heterocycles. The molecule has 1 amide bonds. The summed E-state index contributed by atoms with van der Waals surface area (Å²) in [4.78, 5) is 21.9. The van der Waals surface area contributed by atoms with E-state index >= 15 is 0 Å². The molecule has 0 aromatic carbocycles. The number of rotatable bonds is 3. The molecule has 4 atom stereocenters. The maximum atomic E-state index is 12.1. The smallest absolute Gasteiger partial charge is 0.222 e. The van der Waals surface area contributed by atoms with Gasteiger partial charge in [0.25, 0.3) is 0 Å². The lowest BCUT2D eigenvalue weighted by atomic mass is 9.90. The zero-order valence-electron chi connectivity index (χ0n) is 16.5. The number of piperidine rings is 1. The van der Waals surface area contributed by atoms with Crippen molar-refractivity contribution in [2.45, 2.75) is 50.7 Å². The average Bonchev–Trinajstić information content (AvgIpc) is 3.28. The molecule has 3 fully saturated rings. The van der Waals surface area contributed by atoms with Gasteiger partial charge in [0.2, 0.25) is 5.91 Å². The predicted molar refractivity (Wildman–Crippen MR) is 108 cm³/mol. The molecule has 28 heavy (non-hydrogen) atoms. The molecule has 2 aromatic rings. The topological polar surface area (TPSA) is 86.4 Å². The predicted octanol–water partition coefficient (Wildman–Crippen LogP) is 1.68. The molecule has 8 heteroatoms. The van der Waals surface area contributed by atoms with Crippen LogP contribution in [0, 0.1) is 5.92 Å². The van der Waals surface area contributed by atoms with E-state index in [1.165, 1.54) is 5.69 Å². The van der Waals surface area contributed by atoms with Crippen molar-refractivity contribution in [1.29, 1.82) is 0 Å². The molecule has 0 radical (unpaired) electrons. The molecule has 0 aliphatic carbocycles. The molecular weight excluding hydrogens is 356 g/mol. The first kappa shape index (κ1) is 17.7. The van der Waals surface area contributed by atoms with E-state index in [9.17, 15) is 4.79 Å². The number of pyridine rings is 1. The van der Waals surface area contributed by atoms with Gasteiger partial charge in [-0.05, 0) is 32.6 Å². The highest BCUT2D eigenvalue weighted by Gasteiger charge is 2.39. The molecule has 150 valence electrons. The van der Waals surface area contributed by atoms with E-state index in [-0.39, 0.29) is 17.9 Å². The van der Waals surface area contributed by atoms with Crippen LogP contribution in [0.1, 0.15) is 32.6 Å². The quantitative estimate of drug-likeness (QED) is 0.837. The van der Waals surface area contributed by atoms with Crippen LogP contribution in [0.25, 0.3) is 11.0 Å². The second-order valence-corrected chi connectivity index (χ2v) is 8.34. The number of hydrogen-bond acceptors (Lipinski definition) is 6. The Hall–Kier alpha value is -2.35. The highest BCUT2D eigenvalue weighted by Crippen LogP contribution is 2.38. The zero-order valence-corrected chi connectivity index (χ0v) is 16.5. The maximum Gasteiger partial charge on any atom is 0.222 e. The van der Waals surface area contributed by atoms with Crippen molar-refractivity contribution in [3.63, 3.8) is 0 Å². The molecule has 3 aliphatic heterocycles. The van der Waals surface area contributed by atoms with Gasteiger partial charge < -0.3 is 19.9 Å². The second kappa shape index (κ2) is 6.92. The maximum absolute atomic E-state index is 12.1. The van der Waals surface area contributed by atoms with Crippen molar-refractivity contribution in [3.8, 4) is 0 Å². The van der Waals surface area contributed by atoms with Gasteiger partial charge in [-0.3, -0.25) is 9.89 Å². The molecule has 0 saturated carbocycles. The third-order valence-corrected chi connectivity index (χ3v) is 6.70.